The monoisotopic (exact) mass is 323 g/mol. The molecule has 0 N–H and O–H groups in total. The normalized spacial score (nSPS) is 16.3. The molecule has 1 amide bonds. The summed E-state index contributed by atoms with van der Waals surface area (Å²) in [6, 6.07) is 4.07. The van der Waals surface area contributed by atoms with Crippen LogP contribution < -0.4 is 0 Å². The van der Waals surface area contributed by atoms with Crippen LogP contribution in [0.3, 0.4) is 0 Å². The summed E-state index contributed by atoms with van der Waals surface area (Å²) >= 11 is 3.11. The molecule has 0 radical (unpaired) electrons. The van der Waals surface area contributed by atoms with E-state index < -0.39 is 0 Å². The van der Waals surface area contributed by atoms with Gasteiger partial charge in [0.15, 0.2) is 0 Å². The Hall–Kier alpha value is -1.41. The van der Waals surface area contributed by atoms with Crippen molar-refractivity contribution in [2.75, 3.05) is 13.1 Å². The number of likely N-dealkylation sites (tertiary alicyclic amines) is 1. The number of thiophene rings is 1. The maximum Gasteiger partial charge on any atom is 0.235 e. The summed E-state index contributed by atoms with van der Waals surface area (Å²) in [4.78, 5) is 15.5. The number of nitrogens with zero attached hydrogens (tertiary/aromatic N) is 5. The van der Waals surface area contributed by atoms with Gasteiger partial charge in [0, 0.05) is 18.0 Å². The molecule has 8 heteroatoms. The van der Waals surface area contributed by atoms with Crippen LogP contribution in [0.25, 0.3) is 0 Å². The Morgan fingerprint density at radius 3 is 3.00 bits per heavy atom. The highest BCUT2D eigenvalue weighted by Crippen LogP contribution is 2.24. The predicted molar refractivity (Wildman–Crippen MR) is 82.4 cm³/mol. The minimum absolute atomic E-state index is 0.156. The summed E-state index contributed by atoms with van der Waals surface area (Å²) in [6.45, 7) is 4.33. The van der Waals surface area contributed by atoms with Crippen molar-refractivity contribution in [2.24, 2.45) is 0 Å². The van der Waals surface area contributed by atoms with Crippen molar-refractivity contribution in [2.45, 2.75) is 36.7 Å². The number of rotatable bonds is 5. The topological polar surface area (TPSA) is 63.9 Å². The average molecular weight is 323 g/mol. The van der Waals surface area contributed by atoms with Gasteiger partial charge in [0.25, 0.3) is 0 Å². The van der Waals surface area contributed by atoms with Crippen LogP contribution in [0.2, 0.25) is 0 Å². The van der Waals surface area contributed by atoms with Crippen molar-refractivity contribution in [1.29, 1.82) is 0 Å². The van der Waals surface area contributed by atoms with Gasteiger partial charge in [0.1, 0.15) is 0 Å². The predicted octanol–water partition coefficient (Wildman–Crippen LogP) is 1.89. The van der Waals surface area contributed by atoms with Crippen LogP contribution in [0.5, 0.6) is 0 Å². The fourth-order valence-electron chi connectivity index (χ4n) is 2.33. The molecule has 1 unspecified atom stereocenters. The minimum atomic E-state index is -0.156. The molecule has 6 nitrogen and oxygen atoms in total. The van der Waals surface area contributed by atoms with Gasteiger partial charge < -0.3 is 4.90 Å². The van der Waals surface area contributed by atoms with Gasteiger partial charge in [-0.05, 0) is 41.6 Å². The second kappa shape index (κ2) is 6.57. The number of carbonyl (C=O) groups excluding carboxylic acids is 1. The van der Waals surface area contributed by atoms with Gasteiger partial charge in [0.05, 0.1) is 11.8 Å². The zero-order valence-electron chi connectivity index (χ0n) is 11.8. The molecule has 0 aliphatic carbocycles. The van der Waals surface area contributed by atoms with Crippen LogP contribution in [0.15, 0.2) is 22.7 Å². The molecule has 2 aromatic rings. The average Bonchev–Trinajstić information content (AvgIpc) is 3.21. The smallest absolute Gasteiger partial charge is 0.235 e. The molecular formula is C13H17N5OS2. The summed E-state index contributed by atoms with van der Waals surface area (Å²) < 4.78 is 1.75. The first kappa shape index (κ1) is 14.5. The lowest BCUT2D eigenvalue weighted by Crippen LogP contribution is -2.34. The van der Waals surface area contributed by atoms with Gasteiger partial charge in [-0.15, -0.1) is 16.4 Å². The molecule has 1 atom stereocenters. The lowest BCUT2D eigenvalue weighted by atomic mass is 10.4. The van der Waals surface area contributed by atoms with E-state index in [0.29, 0.717) is 11.7 Å². The lowest BCUT2D eigenvalue weighted by Gasteiger charge is -2.19. The zero-order valence-corrected chi connectivity index (χ0v) is 13.4. The van der Waals surface area contributed by atoms with E-state index in [1.165, 1.54) is 16.6 Å². The molecular weight excluding hydrogens is 306 g/mol. The van der Waals surface area contributed by atoms with Gasteiger partial charge in [-0.25, -0.2) is 4.68 Å². The third-order valence-electron chi connectivity index (χ3n) is 3.43. The third-order valence-corrected chi connectivity index (χ3v) is 5.35. The Morgan fingerprint density at radius 1 is 1.48 bits per heavy atom. The molecule has 3 heterocycles. The van der Waals surface area contributed by atoms with Crippen LogP contribution in [0, 0.1) is 0 Å². The quantitative estimate of drug-likeness (QED) is 0.786. The van der Waals surface area contributed by atoms with Gasteiger partial charge in [-0.3, -0.25) is 4.79 Å². The van der Waals surface area contributed by atoms with Crippen molar-refractivity contribution < 1.29 is 4.79 Å². The van der Waals surface area contributed by atoms with E-state index in [1.54, 1.807) is 16.0 Å². The van der Waals surface area contributed by atoms with E-state index in [9.17, 15) is 4.79 Å². The number of amides is 1. The van der Waals surface area contributed by atoms with E-state index >= 15 is 0 Å². The largest absolute Gasteiger partial charge is 0.342 e. The Labute approximate surface area is 131 Å². The molecule has 1 aliphatic heterocycles. The Balaban J connectivity index is 1.64. The highest BCUT2D eigenvalue weighted by atomic mass is 32.2. The molecule has 1 saturated heterocycles. The van der Waals surface area contributed by atoms with E-state index in [0.717, 1.165) is 25.9 Å². The van der Waals surface area contributed by atoms with Crippen LogP contribution in [0.4, 0.5) is 0 Å². The molecule has 1 aliphatic rings. The van der Waals surface area contributed by atoms with Crippen molar-refractivity contribution in [3.63, 3.8) is 0 Å². The number of thioether (sulfide) groups is 1. The first-order valence-electron chi connectivity index (χ1n) is 6.98. The second-order valence-electron chi connectivity index (χ2n) is 4.99. The first-order valence-corrected chi connectivity index (χ1v) is 8.74. The first-order chi connectivity index (χ1) is 10.2. The summed E-state index contributed by atoms with van der Waals surface area (Å²) in [5.74, 6) is 0.183. The highest BCUT2D eigenvalue weighted by Gasteiger charge is 2.25. The standard InChI is InChI=1S/C13H17N5OS2/c1-10(12(19)17-6-2-3-7-17)21-13-14-15-16-18(13)9-11-5-4-8-20-11/h4-5,8,10H,2-3,6-7,9H2,1H3. The van der Waals surface area contributed by atoms with Crippen molar-refractivity contribution >= 4 is 29.0 Å². The minimum Gasteiger partial charge on any atom is -0.342 e. The SMILES string of the molecule is CC(Sc1nnnn1Cc1cccs1)C(=O)N1CCCC1. The second-order valence-corrected chi connectivity index (χ2v) is 7.33. The van der Waals surface area contributed by atoms with Crippen LogP contribution >= 0.6 is 23.1 Å². The molecule has 0 aromatic carbocycles. The number of hydrogen-bond acceptors (Lipinski definition) is 6. The lowest BCUT2D eigenvalue weighted by molar-refractivity contribution is -0.129. The zero-order chi connectivity index (χ0) is 14.7. The summed E-state index contributed by atoms with van der Waals surface area (Å²) in [5.41, 5.74) is 0. The fraction of sp³-hybridized carbons (Fsp3) is 0.538. The van der Waals surface area contributed by atoms with Crippen molar-refractivity contribution in [1.82, 2.24) is 25.1 Å². The number of carbonyl (C=O) groups is 1. The maximum absolute atomic E-state index is 12.3. The molecule has 3 rings (SSSR count). The number of hydrogen-bond donors (Lipinski definition) is 0. The van der Waals surface area contributed by atoms with Crippen LogP contribution in [-0.4, -0.2) is 49.4 Å². The van der Waals surface area contributed by atoms with E-state index in [1.807, 2.05) is 23.3 Å². The highest BCUT2D eigenvalue weighted by molar-refractivity contribution is 8.00. The number of tetrazole rings is 1. The van der Waals surface area contributed by atoms with E-state index in [4.69, 9.17) is 0 Å². The van der Waals surface area contributed by atoms with Crippen molar-refractivity contribution in [3.8, 4) is 0 Å². The third kappa shape index (κ3) is 3.44. The molecule has 0 spiro atoms. The molecule has 0 bridgehead atoms. The summed E-state index contributed by atoms with van der Waals surface area (Å²) in [6.07, 6.45) is 2.22. The molecule has 1 fully saturated rings. The molecule has 21 heavy (non-hydrogen) atoms. The van der Waals surface area contributed by atoms with Gasteiger partial charge >= 0.3 is 0 Å². The van der Waals surface area contributed by atoms with E-state index in [-0.39, 0.29) is 11.2 Å². The summed E-state index contributed by atoms with van der Waals surface area (Å²) in [7, 11) is 0. The molecule has 0 saturated carbocycles. The van der Waals surface area contributed by atoms with Crippen molar-refractivity contribution in [3.05, 3.63) is 22.4 Å². The van der Waals surface area contributed by atoms with Gasteiger partial charge in [0.2, 0.25) is 11.1 Å². The van der Waals surface area contributed by atoms with Crippen LogP contribution in [0.1, 0.15) is 24.6 Å². The van der Waals surface area contributed by atoms with Crippen LogP contribution in [-0.2, 0) is 11.3 Å². The Morgan fingerprint density at radius 2 is 2.29 bits per heavy atom. The fourth-order valence-corrected chi connectivity index (χ4v) is 3.89. The Kier molecular flexibility index (Phi) is 4.54. The van der Waals surface area contributed by atoms with Gasteiger partial charge in [-0.2, -0.15) is 0 Å². The summed E-state index contributed by atoms with van der Waals surface area (Å²) in [5, 5.41) is 14.4. The maximum atomic E-state index is 12.3. The number of aromatic nitrogens is 4. The van der Waals surface area contributed by atoms with Gasteiger partial charge in [-0.1, -0.05) is 17.8 Å². The molecule has 2 aromatic heterocycles. The van der Waals surface area contributed by atoms with E-state index in [2.05, 4.69) is 21.6 Å². The molecule has 112 valence electrons. The Bertz CT molecular complexity index is 591.